The van der Waals surface area contributed by atoms with Gasteiger partial charge in [0.05, 0.1) is 10.2 Å². The van der Waals surface area contributed by atoms with Crippen molar-refractivity contribution in [3.8, 4) is 0 Å². The first-order valence-corrected chi connectivity index (χ1v) is 6.66. The first-order valence-electron chi connectivity index (χ1n) is 5.86. The Morgan fingerprint density at radius 3 is 2.47 bits per heavy atom. The van der Waals surface area contributed by atoms with Crippen molar-refractivity contribution in [3.05, 3.63) is 16.0 Å². The molecule has 1 rings (SSSR count). The Balaban J connectivity index is 3.17. The normalized spacial score (nSPS) is 13.1. The van der Waals surface area contributed by atoms with Gasteiger partial charge in [0.25, 0.3) is 0 Å². The molecule has 96 valence electrons. The quantitative estimate of drug-likeness (QED) is 0.905. The summed E-state index contributed by atoms with van der Waals surface area (Å²) in [5.41, 5.74) is 6.83. The predicted octanol–water partition coefficient (Wildman–Crippen LogP) is 3.43. The fourth-order valence-electron chi connectivity index (χ4n) is 1.64. The molecule has 0 aliphatic rings. The molecule has 1 heterocycles. The molecule has 17 heavy (non-hydrogen) atoms. The van der Waals surface area contributed by atoms with E-state index in [1.165, 1.54) is 0 Å². The van der Waals surface area contributed by atoms with Crippen LogP contribution >= 0.6 is 15.9 Å². The minimum Gasteiger partial charge on any atom is -0.383 e. The van der Waals surface area contributed by atoms with Crippen molar-refractivity contribution in [1.29, 1.82) is 0 Å². The van der Waals surface area contributed by atoms with Gasteiger partial charge in [0, 0.05) is 7.11 Å². The van der Waals surface area contributed by atoms with Crippen LogP contribution in [0.2, 0.25) is 0 Å². The lowest BCUT2D eigenvalue weighted by Gasteiger charge is -2.17. The van der Waals surface area contributed by atoms with E-state index in [2.05, 4.69) is 46.7 Å². The van der Waals surface area contributed by atoms with E-state index in [0.717, 1.165) is 23.0 Å². The smallest absolute Gasteiger partial charge is 0.159 e. The van der Waals surface area contributed by atoms with Crippen molar-refractivity contribution in [2.24, 2.45) is 0 Å². The van der Waals surface area contributed by atoms with E-state index in [4.69, 9.17) is 10.5 Å². The van der Waals surface area contributed by atoms with E-state index < -0.39 is 0 Å². The molecule has 1 aromatic heterocycles. The maximum absolute atomic E-state index is 5.89. The fraction of sp³-hybridized carbons (Fsp3) is 0.667. The third-order valence-corrected chi connectivity index (χ3v) is 3.40. The van der Waals surface area contributed by atoms with E-state index >= 15 is 0 Å². The van der Waals surface area contributed by atoms with Gasteiger partial charge < -0.3 is 10.5 Å². The predicted molar refractivity (Wildman–Crippen MR) is 72.9 cm³/mol. The summed E-state index contributed by atoms with van der Waals surface area (Å²) in [6.07, 6.45) is 1.84. The molecule has 0 saturated heterocycles. The molecule has 2 N–H and O–H groups in total. The van der Waals surface area contributed by atoms with Gasteiger partial charge in [-0.25, -0.2) is 9.97 Å². The zero-order valence-electron chi connectivity index (χ0n) is 10.8. The summed E-state index contributed by atoms with van der Waals surface area (Å²) < 4.78 is 6.20. The monoisotopic (exact) mass is 301 g/mol. The third kappa shape index (κ3) is 3.39. The summed E-state index contributed by atoms with van der Waals surface area (Å²) in [4.78, 5) is 8.86. The number of nitrogens with zero attached hydrogens (tertiary/aromatic N) is 2. The fourth-order valence-corrected chi connectivity index (χ4v) is 2.28. The number of aromatic nitrogens is 2. The lowest BCUT2D eigenvalue weighted by molar-refractivity contribution is 0.0874. The summed E-state index contributed by atoms with van der Waals surface area (Å²) in [6, 6.07) is 0. The zero-order valence-corrected chi connectivity index (χ0v) is 12.4. The second kappa shape index (κ2) is 6.31. The second-order valence-electron chi connectivity index (χ2n) is 4.33. The largest absolute Gasteiger partial charge is 0.383 e. The molecular weight excluding hydrogens is 282 g/mol. The Kier molecular flexibility index (Phi) is 5.33. The Morgan fingerprint density at radius 1 is 1.35 bits per heavy atom. The number of nitrogens with two attached hydrogens (primary N) is 1. The van der Waals surface area contributed by atoms with Crippen LogP contribution in [0.5, 0.6) is 0 Å². The molecule has 1 aromatic rings. The molecule has 0 amide bonds. The molecule has 0 saturated carbocycles. The molecule has 4 nitrogen and oxygen atoms in total. The van der Waals surface area contributed by atoms with Crippen molar-refractivity contribution in [2.45, 2.75) is 45.6 Å². The van der Waals surface area contributed by atoms with Crippen LogP contribution < -0.4 is 5.73 Å². The highest BCUT2D eigenvalue weighted by Crippen LogP contribution is 2.29. The molecule has 0 bridgehead atoms. The minimum absolute atomic E-state index is 0.0760. The summed E-state index contributed by atoms with van der Waals surface area (Å²) in [5, 5.41) is 0. The van der Waals surface area contributed by atoms with Gasteiger partial charge in [0.1, 0.15) is 11.9 Å². The highest BCUT2D eigenvalue weighted by molar-refractivity contribution is 9.10. The molecule has 0 aliphatic carbocycles. The van der Waals surface area contributed by atoms with Crippen LogP contribution in [0, 0.1) is 0 Å². The molecule has 0 radical (unpaired) electrons. The average molecular weight is 302 g/mol. The van der Waals surface area contributed by atoms with Crippen LogP contribution in [0.25, 0.3) is 0 Å². The van der Waals surface area contributed by atoms with Gasteiger partial charge in [-0.2, -0.15) is 0 Å². The SMILES string of the molecule is CCCC(OC)c1nc(N)c(Br)c(C(C)C)n1. The Labute approximate surface area is 111 Å². The van der Waals surface area contributed by atoms with Crippen LogP contribution in [0.1, 0.15) is 57.2 Å². The van der Waals surface area contributed by atoms with E-state index in [1.807, 2.05) is 0 Å². The van der Waals surface area contributed by atoms with Crippen LogP contribution in [-0.4, -0.2) is 17.1 Å². The minimum atomic E-state index is -0.0760. The maximum atomic E-state index is 5.89. The number of rotatable bonds is 5. The number of hydrogen-bond acceptors (Lipinski definition) is 4. The number of hydrogen-bond donors (Lipinski definition) is 1. The maximum Gasteiger partial charge on any atom is 0.159 e. The number of ether oxygens (including phenoxy) is 1. The van der Waals surface area contributed by atoms with E-state index in [1.54, 1.807) is 7.11 Å². The zero-order chi connectivity index (χ0) is 13.0. The van der Waals surface area contributed by atoms with E-state index in [0.29, 0.717) is 17.6 Å². The van der Waals surface area contributed by atoms with Crippen molar-refractivity contribution in [2.75, 3.05) is 12.8 Å². The Hall–Kier alpha value is -0.680. The Morgan fingerprint density at radius 2 is 2.00 bits per heavy atom. The second-order valence-corrected chi connectivity index (χ2v) is 5.13. The van der Waals surface area contributed by atoms with Gasteiger partial charge in [0.15, 0.2) is 5.82 Å². The van der Waals surface area contributed by atoms with Crippen LogP contribution in [0.3, 0.4) is 0 Å². The molecule has 1 atom stereocenters. The van der Waals surface area contributed by atoms with Crippen LogP contribution in [-0.2, 0) is 4.74 Å². The topological polar surface area (TPSA) is 61.0 Å². The summed E-state index contributed by atoms with van der Waals surface area (Å²) >= 11 is 3.43. The summed E-state index contributed by atoms with van der Waals surface area (Å²) in [7, 11) is 1.68. The van der Waals surface area contributed by atoms with Crippen molar-refractivity contribution >= 4 is 21.7 Å². The molecule has 0 aromatic carbocycles. The molecule has 5 heteroatoms. The summed E-state index contributed by atoms with van der Waals surface area (Å²) in [5.74, 6) is 1.46. The van der Waals surface area contributed by atoms with Crippen LogP contribution in [0.15, 0.2) is 4.47 Å². The first kappa shape index (κ1) is 14.4. The highest BCUT2D eigenvalue weighted by Gasteiger charge is 2.18. The van der Waals surface area contributed by atoms with Crippen molar-refractivity contribution in [1.82, 2.24) is 9.97 Å². The molecule has 0 aliphatic heterocycles. The molecule has 1 unspecified atom stereocenters. The highest BCUT2D eigenvalue weighted by atomic mass is 79.9. The van der Waals surface area contributed by atoms with Gasteiger partial charge >= 0.3 is 0 Å². The number of methoxy groups -OCH3 is 1. The summed E-state index contributed by atoms with van der Waals surface area (Å²) in [6.45, 7) is 6.27. The lowest BCUT2D eigenvalue weighted by Crippen LogP contribution is -2.12. The van der Waals surface area contributed by atoms with E-state index in [9.17, 15) is 0 Å². The standard InChI is InChI=1S/C12H20BrN3O/c1-5-6-8(17-4)12-15-10(7(2)3)9(13)11(14)16-12/h7-8H,5-6H2,1-4H3,(H2,14,15,16). The van der Waals surface area contributed by atoms with Gasteiger partial charge in [-0.15, -0.1) is 0 Å². The van der Waals surface area contributed by atoms with Gasteiger partial charge in [-0.05, 0) is 28.3 Å². The first-order chi connectivity index (χ1) is 8.01. The van der Waals surface area contributed by atoms with Gasteiger partial charge in [0.2, 0.25) is 0 Å². The van der Waals surface area contributed by atoms with E-state index in [-0.39, 0.29) is 6.10 Å². The average Bonchev–Trinajstić information content (AvgIpc) is 2.29. The Bertz CT molecular complexity index is 382. The number of nitrogen functional groups attached to an aromatic ring is 1. The number of anilines is 1. The lowest BCUT2D eigenvalue weighted by atomic mass is 10.1. The molecular formula is C12H20BrN3O. The number of halogens is 1. The van der Waals surface area contributed by atoms with Crippen molar-refractivity contribution in [3.63, 3.8) is 0 Å². The van der Waals surface area contributed by atoms with Gasteiger partial charge in [-0.1, -0.05) is 27.2 Å². The van der Waals surface area contributed by atoms with Crippen molar-refractivity contribution < 1.29 is 4.74 Å². The molecule has 0 fully saturated rings. The van der Waals surface area contributed by atoms with Crippen LogP contribution in [0.4, 0.5) is 5.82 Å². The van der Waals surface area contributed by atoms with Gasteiger partial charge in [-0.3, -0.25) is 0 Å². The molecule has 0 spiro atoms. The third-order valence-electron chi connectivity index (χ3n) is 2.59.